The van der Waals surface area contributed by atoms with Gasteiger partial charge in [-0.05, 0) is 30.5 Å². The van der Waals surface area contributed by atoms with Crippen molar-refractivity contribution < 1.29 is 10.3 Å². The van der Waals surface area contributed by atoms with E-state index in [0.29, 0.717) is 18.7 Å². The highest BCUT2D eigenvalue weighted by Crippen LogP contribution is 2.11. The Labute approximate surface area is 114 Å². The summed E-state index contributed by atoms with van der Waals surface area (Å²) in [5.74, 6) is 0.112. The number of aliphatic hydroxyl groups excluding tert-OH is 1. The SMILES string of the molecule is CCCC(O)CNCc1ccc(/C(N)=N/O)cc1C. The first-order chi connectivity index (χ1) is 9.08. The quantitative estimate of drug-likeness (QED) is 0.259. The van der Waals surface area contributed by atoms with E-state index in [9.17, 15) is 5.11 Å². The molecule has 1 aromatic rings. The summed E-state index contributed by atoms with van der Waals surface area (Å²) in [5, 5.41) is 24.5. The molecule has 0 heterocycles. The lowest BCUT2D eigenvalue weighted by Crippen LogP contribution is -2.26. The van der Waals surface area contributed by atoms with Gasteiger partial charge in [-0.3, -0.25) is 0 Å². The van der Waals surface area contributed by atoms with Gasteiger partial charge in [0.1, 0.15) is 0 Å². The summed E-state index contributed by atoms with van der Waals surface area (Å²) >= 11 is 0. The van der Waals surface area contributed by atoms with Gasteiger partial charge >= 0.3 is 0 Å². The van der Waals surface area contributed by atoms with Crippen LogP contribution in [0.4, 0.5) is 0 Å². The van der Waals surface area contributed by atoms with Crippen molar-refractivity contribution in [1.82, 2.24) is 5.32 Å². The molecule has 1 rings (SSSR count). The molecule has 1 atom stereocenters. The van der Waals surface area contributed by atoms with Gasteiger partial charge in [-0.25, -0.2) is 0 Å². The molecule has 0 spiro atoms. The summed E-state index contributed by atoms with van der Waals surface area (Å²) in [6, 6.07) is 5.65. The molecule has 0 aromatic heterocycles. The fraction of sp³-hybridized carbons (Fsp3) is 0.500. The Balaban J connectivity index is 2.56. The fourth-order valence-electron chi connectivity index (χ4n) is 1.92. The van der Waals surface area contributed by atoms with Gasteiger partial charge in [0.2, 0.25) is 0 Å². The van der Waals surface area contributed by atoms with E-state index in [1.165, 1.54) is 0 Å². The molecule has 0 aliphatic carbocycles. The summed E-state index contributed by atoms with van der Waals surface area (Å²) in [4.78, 5) is 0. The van der Waals surface area contributed by atoms with E-state index < -0.39 is 0 Å². The van der Waals surface area contributed by atoms with Gasteiger partial charge in [0.15, 0.2) is 5.84 Å². The van der Waals surface area contributed by atoms with Crippen LogP contribution in [0, 0.1) is 6.92 Å². The topological polar surface area (TPSA) is 90.9 Å². The van der Waals surface area contributed by atoms with Crippen LogP contribution in [0.3, 0.4) is 0 Å². The number of benzene rings is 1. The number of nitrogens with zero attached hydrogens (tertiary/aromatic N) is 1. The highest BCUT2D eigenvalue weighted by molar-refractivity contribution is 5.97. The summed E-state index contributed by atoms with van der Waals surface area (Å²) < 4.78 is 0. The van der Waals surface area contributed by atoms with E-state index in [-0.39, 0.29) is 11.9 Å². The largest absolute Gasteiger partial charge is 0.409 e. The third-order valence-corrected chi connectivity index (χ3v) is 3.06. The van der Waals surface area contributed by atoms with Crippen molar-refractivity contribution in [3.05, 3.63) is 34.9 Å². The number of hydrogen-bond acceptors (Lipinski definition) is 4. The van der Waals surface area contributed by atoms with Crippen LogP contribution in [-0.2, 0) is 6.54 Å². The van der Waals surface area contributed by atoms with Crippen molar-refractivity contribution in [2.75, 3.05) is 6.54 Å². The van der Waals surface area contributed by atoms with E-state index in [2.05, 4.69) is 17.4 Å². The zero-order chi connectivity index (χ0) is 14.3. The zero-order valence-electron chi connectivity index (χ0n) is 11.6. The van der Waals surface area contributed by atoms with Crippen molar-refractivity contribution in [3.8, 4) is 0 Å². The van der Waals surface area contributed by atoms with Crippen LogP contribution >= 0.6 is 0 Å². The smallest absolute Gasteiger partial charge is 0.170 e. The molecular weight excluding hydrogens is 242 g/mol. The van der Waals surface area contributed by atoms with Gasteiger partial charge in [0.05, 0.1) is 6.10 Å². The summed E-state index contributed by atoms with van der Waals surface area (Å²) in [6.45, 7) is 5.32. The molecule has 0 saturated carbocycles. The standard InChI is InChI=1S/C14H23N3O2/c1-3-4-13(18)9-16-8-12-6-5-11(7-10(12)2)14(15)17-19/h5-7,13,16,18-19H,3-4,8-9H2,1-2H3,(H2,15,17). The van der Waals surface area contributed by atoms with Crippen LogP contribution in [-0.4, -0.2) is 28.8 Å². The van der Waals surface area contributed by atoms with E-state index in [1.54, 1.807) is 0 Å². The van der Waals surface area contributed by atoms with Crippen molar-refractivity contribution in [1.29, 1.82) is 0 Å². The number of amidine groups is 1. The minimum atomic E-state index is -0.290. The molecule has 5 nitrogen and oxygen atoms in total. The molecule has 0 aliphatic rings. The third kappa shape index (κ3) is 4.89. The number of rotatable bonds is 7. The lowest BCUT2D eigenvalue weighted by Gasteiger charge is -2.12. The van der Waals surface area contributed by atoms with E-state index in [1.807, 2.05) is 25.1 Å². The van der Waals surface area contributed by atoms with Crippen molar-refractivity contribution in [2.45, 2.75) is 39.3 Å². The Morgan fingerprint density at radius 3 is 2.79 bits per heavy atom. The molecule has 5 heteroatoms. The summed E-state index contributed by atoms with van der Waals surface area (Å²) in [7, 11) is 0. The third-order valence-electron chi connectivity index (χ3n) is 3.06. The van der Waals surface area contributed by atoms with Gasteiger partial charge < -0.3 is 21.4 Å². The Bertz CT molecular complexity index is 433. The Hall–Kier alpha value is -1.59. The Morgan fingerprint density at radius 2 is 2.21 bits per heavy atom. The molecule has 106 valence electrons. The molecule has 0 amide bonds. The molecule has 5 N–H and O–H groups in total. The Kier molecular flexibility index (Phi) is 6.32. The van der Waals surface area contributed by atoms with E-state index >= 15 is 0 Å². The molecule has 1 unspecified atom stereocenters. The number of oxime groups is 1. The molecule has 0 bridgehead atoms. The van der Waals surface area contributed by atoms with Gasteiger partial charge in [-0.2, -0.15) is 0 Å². The molecule has 0 radical (unpaired) electrons. The molecule has 0 fully saturated rings. The molecule has 19 heavy (non-hydrogen) atoms. The number of nitrogens with two attached hydrogens (primary N) is 1. The minimum Gasteiger partial charge on any atom is -0.409 e. The Morgan fingerprint density at radius 1 is 1.47 bits per heavy atom. The highest BCUT2D eigenvalue weighted by atomic mass is 16.4. The van der Waals surface area contributed by atoms with Crippen LogP contribution in [0.2, 0.25) is 0 Å². The fourth-order valence-corrected chi connectivity index (χ4v) is 1.92. The van der Waals surface area contributed by atoms with Crippen LogP contribution in [0.5, 0.6) is 0 Å². The van der Waals surface area contributed by atoms with Crippen LogP contribution < -0.4 is 11.1 Å². The number of aryl methyl sites for hydroxylation is 1. The van der Waals surface area contributed by atoms with Crippen LogP contribution in [0.15, 0.2) is 23.4 Å². The normalized spacial score (nSPS) is 13.5. The first-order valence-electron chi connectivity index (χ1n) is 6.54. The average molecular weight is 265 g/mol. The van der Waals surface area contributed by atoms with Crippen molar-refractivity contribution >= 4 is 5.84 Å². The van der Waals surface area contributed by atoms with Gasteiger partial charge in [0, 0.05) is 18.7 Å². The highest BCUT2D eigenvalue weighted by Gasteiger charge is 2.05. The maximum atomic E-state index is 9.62. The predicted octanol–water partition coefficient (Wildman–Crippen LogP) is 1.34. The second kappa shape index (κ2) is 7.76. The predicted molar refractivity (Wildman–Crippen MR) is 76.3 cm³/mol. The monoisotopic (exact) mass is 265 g/mol. The molecule has 1 aromatic carbocycles. The molecular formula is C14H23N3O2. The lowest BCUT2D eigenvalue weighted by molar-refractivity contribution is 0.160. The van der Waals surface area contributed by atoms with Gasteiger partial charge in [-0.15, -0.1) is 0 Å². The van der Waals surface area contributed by atoms with Gasteiger partial charge in [0.25, 0.3) is 0 Å². The minimum absolute atomic E-state index is 0.112. The maximum Gasteiger partial charge on any atom is 0.170 e. The molecule has 0 saturated heterocycles. The van der Waals surface area contributed by atoms with Crippen molar-refractivity contribution in [2.24, 2.45) is 10.9 Å². The maximum absolute atomic E-state index is 9.62. The number of aliphatic hydroxyl groups is 1. The lowest BCUT2D eigenvalue weighted by atomic mass is 10.0. The van der Waals surface area contributed by atoms with Gasteiger partial charge in [-0.1, -0.05) is 30.6 Å². The first-order valence-corrected chi connectivity index (χ1v) is 6.54. The average Bonchev–Trinajstić information content (AvgIpc) is 2.40. The molecule has 0 aliphatic heterocycles. The van der Waals surface area contributed by atoms with Crippen LogP contribution in [0.1, 0.15) is 36.5 Å². The summed E-state index contributed by atoms with van der Waals surface area (Å²) in [6.07, 6.45) is 1.51. The summed E-state index contributed by atoms with van der Waals surface area (Å²) in [5.41, 5.74) is 8.45. The second-order valence-electron chi connectivity index (χ2n) is 4.70. The van der Waals surface area contributed by atoms with E-state index in [4.69, 9.17) is 10.9 Å². The number of nitrogens with one attached hydrogen (secondary N) is 1. The van der Waals surface area contributed by atoms with E-state index in [0.717, 1.165) is 24.0 Å². The van der Waals surface area contributed by atoms with Crippen LogP contribution in [0.25, 0.3) is 0 Å². The second-order valence-corrected chi connectivity index (χ2v) is 4.70. The zero-order valence-corrected chi connectivity index (χ0v) is 11.6. The number of hydrogen-bond donors (Lipinski definition) is 4. The van der Waals surface area contributed by atoms with Crippen molar-refractivity contribution in [3.63, 3.8) is 0 Å². The first kappa shape index (κ1) is 15.5.